The van der Waals surface area contributed by atoms with Crippen molar-refractivity contribution in [2.24, 2.45) is 0 Å². The van der Waals surface area contributed by atoms with E-state index in [1.165, 1.54) is 0 Å². The fourth-order valence-electron chi connectivity index (χ4n) is 3.87. The maximum Gasteiger partial charge on any atom is 0.255 e. The van der Waals surface area contributed by atoms with Crippen molar-refractivity contribution < 1.29 is 26.7 Å². The molecule has 0 saturated carbocycles. The molecule has 1 aliphatic heterocycles. The van der Waals surface area contributed by atoms with E-state index in [0.29, 0.717) is 22.0 Å². The first-order valence-electron chi connectivity index (χ1n) is 10.4. The highest BCUT2D eigenvalue weighted by atomic mass is 35.5. The Labute approximate surface area is 197 Å². The highest BCUT2D eigenvalue weighted by Gasteiger charge is 2.31. The molecule has 4 rings (SSSR count). The average Bonchev–Trinajstić information content (AvgIpc) is 2.82. The Kier molecular flexibility index (Phi) is 6.65. The van der Waals surface area contributed by atoms with Crippen LogP contribution in [-0.4, -0.2) is 32.1 Å². The summed E-state index contributed by atoms with van der Waals surface area (Å²) in [6, 6.07) is 12.1. The number of anilines is 3. The molecule has 1 fully saturated rings. The van der Waals surface area contributed by atoms with Crippen molar-refractivity contribution in [1.82, 2.24) is 0 Å². The van der Waals surface area contributed by atoms with Crippen molar-refractivity contribution in [2.45, 2.75) is 6.92 Å². The molecule has 3 aromatic carbocycles. The number of amides is 1. The van der Waals surface area contributed by atoms with Crippen molar-refractivity contribution in [2.75, 3.05) is 41.3 Å². The molecule has 1 heterocycles. The van der Waals surface area contributed by atoms with Crippen LogP contribution in [0.3, 0.4) is 0 Å². The van der Waals surface area contributed by atoms with Crippen LogP contribution in [0.2, 0.25) is 5.02 Å². The summed E-state index contributed by atoms with van der Waals surface area (Å²) in [6.45, 7) is 2.37. The zero-order valence-electron chi connectivity index (χ0n) is 17.9. The second-order valence-electron chi connectivity index (χ2n) is 7.88. The Morgan fingerprint density at radius 3 is 2.00 bits per heavy atom. The lowest BCUT2D eigenvalue weighted by Crippen LogP contribution is -2.47. The number of nitrogens with one attached hydrogen (secondary N) is 1. The number of hydrogen-bond acceptors (Lipinski definition) is 3. The number of rotatable bonds is 4. The summed E-state index contributed by atoms with van der Waals surface area (Å²) >= 11 is 6.41. The molecule has 34 heavy (non-hydrogen) atoms. The molecule has 1 N–H and O–H groups in total. The Balaban J connectivity index is 1.46. The topological polar surface area (TPSA) is 35.6 Å². The lowest BCUT2D eigenvalue weighted by Gasteiger charge is -2.38. The second kappa shape index (κ2) is 9.50. The molecular weight excluding hydrogens is 477 g/mol. The predicted octanol–water partition coefficient (Wildman–Crippen LogP) is 5.92. The molecule has 0 radical (unpaired) electrons. The molecule has 0 atom stereocenters. The van der Waals surface area contributed by atoms with Crippen molar-refractivity contribution in [3.63, 3.8) is 0 Å². The largest absolute Gasteiger partial charge is 0.367 e. The average molecular weight is 496 g/mol. The van der Waals surface area contributed by atoms with E-state index in [1.54, 1.807) is 36.4 Å². The molecule has 1 saturated heterocycles. The van der Waals surface area contributed by atoms with E-state index in [2.05, 4.69) is 5.32 Å². The summed E-state index contributed by atoms with van der Waals surface area (Å²) < 4.78 is 68.7. The number of hydrogen-bond donors (Lipinski definition) is 1. The van der Waals surface area contributed by atoms with Gasteiger partial charge in [-0.1, -0.05) is 29.3 Å². The van der Waals surface area contributed by atoms with Gasteiger partial charge in [0, 0.05) is 37.4 Å². The zero-order chi connectivity index (χ0) is 24.6. The number of nitrogens with zero attached hydrogens (tertiary/aromatic N) is 2. The summed E-state index contributed by atoms with van der Waals surface area (Å²) in [5.74, 6) is -10.1. The van der Waals surface area contributed by atoms with Crippen LogP contribution in [0.25, 0.3) is 0 Å². The predicted molar refractivity (Wildman–Crippen MR) is 121 cm³/mol. The summed E-state index contributed by atoms with van der Waals surface area (Å²) in [7, 11) is 0. The van der Waals surface area contributed by atoms with E-state index in [-0.39, 0.29) is 32.1 Å². The van der Waals surface area contributed by atoms with Gasteiger partial charge in [-0.25, -0.2) is 22.0 Å². The van der Waals surface area contributed by atoms with E-state index >= 15 is 0 Å². The van der Waals surface area contributed by atoms with Gasteiger partial charge in [-0.2, -0.15) is 0 Å². The molecule has 0 aliphatic carbocycles. The number of halogens is 6. The zero-order valence-corrected chi connectivity index (χ0v) is 18.7. The van der Waals surface area contributed by atoms with Gasteiger partial charge in [-0.3, -0.25) is 4.79 Å². The highest BCUT2D eigenvalue weighted by molar-refractivity contribution is 6.33. The number of aryl methyl sites for hydroxylation is 1. The van der Waals surface area contributed by atoms with Crippen LogP contribution in [0.5, 0.6) is 0 Å². The first-order chi connectivity index (χ1) is 16.2. The second-order valence-corrected chi connectivity index (χ2v) is 8.29. The molecule has 1 amide bonds. The summed E-state index contributed by atoms with van der Waals surface area (Å²) in [5.41, 5.74) is 1.62. The minimum atomic E-state index is -2.18. The van der Waals surface area contributed by atoms with Crippen molar-refractivity contribution >= 4 is 34.6 Å². The smallest absolute Gasteiger partial charge is 0.255 e. The first-order valence-corrected chi connectivity index (χ1v) is 10.7. The SMILES string of the molecule is Cc1cccc(C(=O)Nc2ccc(N3CCN(c4c(F)c(F)c(F)c(F)c4F)CC3)c(Cl)c2)c1. The summed E-state index contributed by atoms with van der Waals surface area (Å²) in [4.78, 5) is 15.4. The minimum Gasteiger partial charge on any atom is -0.367 e. The summed E-state index contributed by atoms with van der Waals surface area (Å²) in [6.07, 6.45) is 0. The van der Waals surface area contributed by atoms with Gasteiger partial charge in [0.05, 0.1) is 10.7 Å². The van der Waals surface area contributed by atoms with Crippen LogP contribution in [0.15, 0.2) is 42.5 Å². The number of carbonyl (C=O) groups is 1. The van der Waals surface area contributed by atoms with Crippen molar-refractivity contribution in [1.29, 1.82) is 0 Å². The van der Waals surface area contributed by atoms with Gasteiger partial charge in [-0.15, -0.1) is 0 Å². The molecule has 0 aromatic heterocycles. The van der Waals surface area contributed by atoms with Gasteiger partial charge in [0.2, 0.25) is 5.82 Å². The van der Waals surface area contributed by atoms with Crippen molar-refractivity contribution in [3.8, 4) is 0 Å². The normalized spacial score (nSPS) is 13.9. The fraction of sp³-hybridized carbons (Fsp3) is 0.208. The van der Waals surface area contributed by atoms with E-state index in [4.69, 9.17) is 11.6 Å². The maximum absolute atomic E-state index is 14.1. The van der Waals surface area contributed by atoms with Gasteiger partial charge in [-0.05, 0) is 37.3 Å². The number of benzene rings is 3. The molecule has 0 bridgehead atoms. The quantitative estimate of drug-likeness (QED) is 0.277. The Bertz CT molecular complexity index is 1230. The lowest BCUT2D eigenvalue weighted by atomic mass is 10.1. The van der Waals surface area contributed by atoms with Crippen LogP contribution in [0, 0.1) is 36.0 Å². The molecule has 4 nitrogen and oxygen atoms in total. The van der Waals surface area contributed by atoms with E-state index in [1.807, 2.05) is 17.9 Å². The maximum atomic E-state index is 14.1. The Morgan fingerprint density at radius 2 is 1.41 bits per heavy atom. The molecule has 1 aliphatic rings. The van der Waals surface area contributed by atoms with Crippen molar-refractivity contribution in [3.05, 3.63) is 87.7 Å². The van der Waals surface area contributed by atoms with Gasteiger partial charge < -0.3 is 15.1 Å². The van der Waals surface area contributed by atoms with E-state index in [9.17, 15) is 26.7 Å². The van der Waals surface area contributed by atoms with Crippen LogP contribution >= 0.6 is 11.6 Å². The van der Waals surface area contributed by atoms with Gasteiger partial charge in [0.25, 0.3) is 5.91 Å². The van der Waals surface area contributed by atoms with Crippen LogP contribution in [0.4, 0.5) is 39.0 Å². The third kappa shape index (κ3) is 4.52. The molecular formula is C24H19ClF5N3O. The standard InChI is InChI=1S/C24H19ClF5N3O/c1-13-3-2-4-14(11-13)24(34)31-15-5-6-17(16(25)12-15)32-7-9-33(10-8-32)23-21(29)19(27)18(26)20(28)22(23)30/h2-6,11-12H,7-10H2,1H3,(H,31,34). The molecule has 178 valence electrons. The highest BCUT2D eigenvalue weighted by Crippen LogP contribution is 2.33. The van der Waals surface area contributed by atoms with E-state index < -0.39 is 34.8 Å². The fourth-order valence-corrected chi connectivity index (χ4v) is 4.17. The minimum absolute atomic E-state index is 0.0144. The number of piperazine rings is 1. The third-order valence-corrected chi connectivity index (χ3v) is 5.91. The summed E-state index contributed by atoms with van der Waals surface area (Å²) in [5, 5.41) is 3.12. The monoisotopic (exact) mass is 495 g/mol. The van der Waals surface area contributed by atoms with E-state index in [0.717, 1.165) is 10.5 Å². The third-order valence-electron chi connectivity index (χ3n) is 5.61. The van der Waals surface area contributed by atoms with Crippen LogP contribution in [0.1, 0.15) is 15.9 Å². The molecule has 3 aromatic rings. The lowest BCUT2D eigenvalue weighted by molar-refractivity contribution is 0.102. The first kappa shape index (κ1) is 23.8. The van der Waals surface area contributed by atoms with Gasteiger partial charge in [0.15, 0.2) is 23.3 Å². The Morgan fingerprint density at radius 1 is 0.824 bits per heavy atom. The number of carbonyl (C=O) groups excluding carboxylic acids is 1. The van der Waals surface area contributed by atoms with Crippen LogP contribution < -0.4 is 15.1 Å². The Hall–Kier alpha value is -3.33. The van der Waals surface area contributed by atoms with Gasteiger partial charge >= 0.3 is 0 Å². The van der Waals surface area contributed by atoms with Gasteiger partial charge in [0.1, 0.15) is 5.69 Å². The molecule has 0 spiro atoms. The molecule has 10 heteroatoms. The van der Waals surface area contributed by atoms with Crippen LogP contribution in [-0.2, 0) is 0 Å². The molecule has 0 unspecified atom stereocenters.